The minimum atomic E-state index is -1.20. The zero-order valence-electron chi connectivity index (χ0n) is 7.81. The quantitative estimate of drug-likeness (QED) is 0.460. The van der Waals surface area contributed by atoms with Crippen molar-refractivity contribution >= 4 is 9.28 Å². The molecule has 0 bridgehead atoms. The van der Waals surface area contributed by atoms with Crippen LogP contribution in [-0.4, -0.2) is 22.5 Å². The van der Waals surface area contributed by atoms with Crippen molar-refractivity contribution in [1.82, 2.24) is 0 Å². The molecule has 0 rings (SSSR count). The van der Waals surface area contributed by atoms with E-state index < -0.39 is 9.28 Å². The summed E-state index contributed by atoms with van der Waals surface area (Å²) in [6.07, 6.45) is 0. The summed E-state index contributed by atoms with van der Waals surface area (Å²) in [5.74, 6) is 0. The summed E-state index contributed by atoms with van der Waals surface area (Å²) in [5.41, 5.74) is 0. The molecule has 0 spiro atoms. The topological polar surface area (TPSA) is 18.5 Å². The van der Waals surface area contributed by atoms with Crippen LogP contribution in [0.25, 0.3) is 0 Å². The molecule has 0 amide bonds. The third kappa shape index (κ3) is 9.77. The Morgan fingerprint density at radius 1 is 1.22 bits per heavy atom. The zero-order valence-corrected chi connectivity index (χ0v) is 11.1. The molecule has 0 fully saturated rings. The summed E-state index contributed by atoms with van der Waals surface area (Å²) < 4.78 is 10.4. The van der Waals surface area contributed by atoms with Gasteiger partial charge < -0.3 is 10.3 Å². The number of rotatable bonds is 4. The Hall–Kier alpha value is 1.77. The van der Waals surface area contributed by atoms with E-state index in [1.807, 2.05) is 20.4 Å². The van der Waals surface area contributed by atoms with Gasteiger partial charge in [-0.3, -0.25) is 0 Å². The van der Waals surface area contributed by atoms with E-state index in [4.69, 9.17) is 8.85 Å². The van der Waals surface area contributed by atoms with E-state index >= 15 is 0 Å². The van der Waals surface area contributed by atoms with Crippen LogP contribution in [0.3, 0.4) is 0 Å². The normalized spacial score (nSPS) is 9.33. The van der Waals surface area contributed by atoms with E-state index in [-0.39, 0.29) is 52.8 Å². The largest absolute Gasteiger partial charge is 1.00 e. The second kappa shape index (κ2) is 9.77. The SMILES string of the molecule is CCO[SiH](C)OCC.[H-].[K+]. The second-order valence-corrected chi connectivity index (χ2v) is 3.28. The first-order valence-electron chi connectivity index (χ1n) is 3.04. The molecule has 0 aliphatic rings. The Morgan fingerprint density at radius 3 is 1.78 bits per heavy atom. The van der Waals surface area contributed by atoms with Gasteiger partial charge in [0.15, 0.2) is 0 Å². The molecule has 0 atom stereocenters. The van der Waals surface area contributed by atoms with Gasteiger partial charge in [0.25, 0.3) is 0 Å². The third-order valence-electron chi connectivity index (χ3n) is 0.803. The first-order valence-corrected chi connectivity index (χ1v) is 5.14. The average molecular weight is 174 g/mol. The second-order valence-electron chi connectivity index (χ2n) is 1.48. The molecule has 0 N–H and O–H groups in total. The van der Waals surface area contributed by atoms with Crippen LogP contribution in [0, 0.1) is 0 Å². The summed E-state index contributed by atoms with van der Waals surface area (Å²) in [5, 5.41) is 0. The van der Waals surface area contributed by atoms with Crippen molar-refractivity contribution in [2.24, 2.45) is 0 Å². The molecule has 52 valence electrons. The Bertz CT molecular complexity index is 52.9. The maximum Gasteiger partial charge on any atom is 1.00 e. The molecule has 0 aromatic heterocycles. The molecule has 4 heteroatoms. The van der Waals surface area contributed by atoms with Crippen molar-refractivity contribution in [3.05, 3.63) is 0 Å². The fraction of sp³-hybridized carbons (Fsp3) is 1.00. The summed E-state index contributed by atoms with van der Waals surface area (Å²) >= 11 is 0. The molecule has 0 saturated carbocycles. The van der Waals surface area contributed by atoms with Gasteiger partial charge in [-0.25, -0.2) is 0 Å². The maximum absolute atomic E-state index is 5.20. The van der Waals surface area contributed by atoms with Gasteiger partial charge in [0.05, 0.1) is 0 Å². The van der Waals surface area contributed by atoms with Crippen LogP contribution in [0.5, 0.6) is 0 Å². The van der Waals surface area contributed by atoms with Crippen LogP contribution in [0.2, 0.25) is 6.55 Å². The van der Waals surface area contributed by atoms with Gasteiger partial charge in [-0.1, -0.05) is 0 Å². The third-order valence-corrected chi connectivity index (χ3v) is 2.41. The van der Waals surface area contributed by atoms with Crippen LogP contribution in [0.4, 0.5) is 0 Å². The van der Waals surface area contributed by atoms with Crippen LogP contribution in [-0.2, 0) is 8.85 Å². The molecule has 0 aliphatic heterocycles. The summed E-state index contributed by atoms with van der Waals surface area (Å²) in [6, 6.07) is 0. The van der Waals surface area contributed by atoms with Crippen molar-refractivity contribution in [2.45, 2.75) is 20.4 Å². The summed E-state index contributed by atoms with van der Waals surface area (Å²) in [7, 11) is -1.20. The van der Waals surface area contributed by atoms with Gasteiger partial charge in [0, 0.05) is 13.2 Å². The van der Waals surface area contributed by atoms with Crippen molar-refractivity contribution in [2.75, 3.05) is 13.2 Å². The maximum atomic E-state index is 5.20. The van der Waals surface area contributed by atoms with E-state index in [9.17, 15) is 0 Å². The van der Waals surface area contributed by atoms with E-state index in [1.54, 1.807) is 0 Å². The Labute approximate surface area is 103 Å². The standard InChI is InChI=1S/C5H14O2Si.K.H/c1-4-6-8(3)7-5-2;;/h8H,4-5H2,1-3H3;;/q;+1;-1. The monoisotopic (exact) mass is 174 g/mol. The minimum absolute atomic E-state index is 0. The van der Waals surface area contributed by atoms with Crippen LogP contribution in [0.15, 0.2) is 0 Å². The van der Waals surface area contributed by atoms with E-state index in [0.29, 0.717) is 0 Å². The van der Waals surface area contributed by atoms with Crippen LogP contribution in [0.1, 0.15) is 15.3 Å². The Morgan fingerprint density at radius 2 is 1.56 bits per heavy atom. The molecule has 0 aromatic carbocycles. The van der Waals surface area contributed by atoms with Gasteiger partial charge in [0.1, 0.15) is 0 Å². The van der Waals surface area contributed by atoms with Gasteiger partial charge in [-0.15, -0.1) is 0 Å². The Balaban J connectivity index is -0.000000245. The zero-order chi connectivity index (χ0) is 6.41. The first-order chi connectivity index (χ1) is 3.81. The minimum Gasteiger partial charge on any atom is -1.00 e. The fourth-order valence-electron chi connectivity index (χ4n) is 0.518. The van der Waals surface area contributed by atoms with E-state index in [1.165, 1.54) is 0 Å². The predicted octanol–water partition coefficient (Wildman–Crippen LogP) is -1.97. The Kier molecular flexibility index (Phi) is 14.5. The molecular weight excluding hydrogens is 159 g/mol. The fourth-order valence-corrected chi connectivity index (χ4v) is 1.55. The van der Waals surface area contributed by atoms with Crippen LogP contribution < -0.4 is 51.4 Å². The molecule has 0 aliphatic carbocycles. The van der Waals surface area contributed by atoms with Gasteiger partial charge in [0.2, 0.25) is 0 Å². The first kappa shape index (κ1) is 13.4. The molecule has 0 radical (unpaired) electrons. The molecule has 2 nitrogen and oxygen atoms in total. The molecule has 0 aromatic rings. The molecule has 0 saturated heterocycles. The number of hydrogen-bond acceptors (Lipinski definition) is 2. The molecular formula is C5H15KO2Si. The van der Waals surface area contributed by atoms with Gasteiger partial charge in [-0.2, -0.15) is 0 Å². The van der Waals surface area contributed by atoms with E-state index in [0.717, 1.165) is 13.2 Å². The average Bonchev–Trinajstić information content (AvgIpc) is 1.68. The molecule has 0 unspecified atom stereocenters. The predicted molar refractivity (Wildman–Crippen MR) is 37.4 cm³/mol. The van der Waals surface area contributed by atoms with Crippen molar-refractivity contribution < 1.29 is 61.7 Å². The molecule has 9 heavy (non-hydrogen) atoms. The van der Waals surface area contributed by atoms with Crippen molar-refractivity contribution in [3.63, 3.8) is 0 Å². The van der Waals surface area contributed by atoms with Crippen molar-refractivity contribution in [3.8, 4) is 0 Å². The van der Waals surface area contributed by atoms with Gasteiger partial charge >= 0.3 is 60.7 Å². The molecule has 0 heterocycles. The van der Waals surface area contributed by atoms with E-state index in [2.05, 4.69) is 0 Å². The number of hydrogen-bond donors (Lipinski definition) is 0. The summed E-state index contributed by atoms with van der Waals surface area (Å²) in [6.45, 7) is 7.58. The van der Waals surface area contributed by atoms with Crippen LogP contribution >= 0.6 is 0 Å². The van der Waals surface area contributed by atoms with Gasteiger partial charge in [-0.05, 0) is 20.4 Å². The summed E-state index contributed by atoms with van der Waals surface area (Å²) in [4.78, 5) is 0. The van der Waals surface area contributed by atoms with Crippen molar-refractivity contribution in [1.29, 1.82) is 0 Å². The smallest absolute Gasteiger partial charge is 1.00 e.